The Balaban J connectivity index is 3.12. The first-order chi connectivity index (χ1) is 10.2. The summed E-state index contributed by atoms with van der Waals surface area (Å²) in [7, 11) is 0. The normalized spacial score (nSPS) is 10.4. The van der Waals surface area contributed by atoms with Crippen LogP contribution in [0.15, 0.2) is 11.6 Å². The SMILES string of the molecule is CC(C)=CC(=O)OCCCCCCCCCCCCCO. The standard InChI is InChI=1S/C18H34O3/c1-17(2)16-18(20)21-15-13-11-9-7-5-3-4-6-8-10-12-14-19/h16,19H,3-15H2,1-2H3. The maximum atomic E-state index is 11.2. The van der Waals surface area contributed by atoms with E-state index < -0.39 is 0 Å². The van der Waals surface area contributed by atoms with Crippen molar-refractivity contribution in [3.05, 3.63) is 11.6 Å². The average molecular weight is 298 g/mol. The van der Waals surface area contributed by atoms with E-state index in [1.807, 2.05) is 13.8 Å². The number of hydrogen-bond acceptors (Lipinski definition) is 3. The van der Waals surface area contributed by atoms with E-state index in [2.05, 4.69) is 0 Å². The Labute approximate surface area is 130 Å². The smallest absolute Gasteiger partial charge is 0.330 e. The van der Waals surface area contributed by atoms with Crippen LogP contribution in [-0.4, -0.2) is 24.3 Å². The van der Waals surface area contributed by atoms with E-state index in [0.717, 1.165) is 24.8 Å². The van der Waals surface area contributed by atoms with Crippen LogP contribution in [0.1, 0.15) is 84.5 Å². The Bertz CT molecular complexity index is 268. The highest BCUT2D eigenvalue weighted by Gasteiger charge is 1.98. The molecule has 0 aromatic heterocycles. The third-order valence-corrected chi connectivity index (χ3v) is 3.45. The van der Waals surface area contributed by atoms with Crippen LogP contribution in [0.5, 0.6) is 0 Å². The lowest BCUT2D eigenvalue weighted by Crippen LogP contribution is -2.02. The monoisotopic (exact) mass is 298 g/mol. The third kappa shape index (κ3) is 17.1. The molecule has 3 nitrogen and oxygen atoms in total. The molecule has 0 aromatic carbocycles. The minimum Gasteiger partial charge on any atom is -0.463 e. The van der Waals surface area contributed by atoms with Crippen LogP contribution < -0.4 is 0 Å². The highest BCUT2D eigenvalue weighted by molar-refractivity contribution is 5.82. The predicted molar refractivity (Wildman–Crippen MR) is 88.3 cm³/mol. The van der Waals surface area contributed by atoms with Crippen molar-refractivity contribution in [2.45, 2.75) is 84.5 Å². The number of aliphatic hydroxyl groups is 1. The van der Waals surface area contributed by atoms with Crippen LogP contribution in [-0.2, 0) is 9.53 Å². The van der Waals surface area contributed by atoms with E-state index in [4.69, 9.17) is 9.84 Å². The van der Waals surface area contributed by atoms with Crippen molar-refractivity contribution in [2.24, 2.45) is 0 Å². The zero-order chi connectivity index (χ0) is 15.8. The first kappa shape index (κ1) is 20.2. The van der Waals surface area contributed by atoms with E-state index in [0.29, 0.717) is 13.2 Å². The first-order valence-electron chi connectivity index (χ1n) is 8.59. The van der Waals surface area contributed by atoms with Crippen molar-refractivity contribution < 1.29 is 14.6 Å². The van der Waals surface area contributed by atoms with Crippen LogP contribution >= 0.6 is 0 Å². The van der Waals surface area contributed by atoms with Gasteiger partial charge in [0.2, 0.25) is 0 Å². The lowest BCUT2D eigenvalue weighted by Gasteiger charge is -2.03. The van der Waals surface area contributed by atoms with Crippen molar-refractivity contribution in [3.8, 4) is 0 Å². The lowest BCUT2D eigenvalue weighted by molar-refractivity contribution is -0.137. The Morgan fingerprint density at radius 3 is 1.67 bits per heavy atom. The Morgan fingerprint density at radius 2 is 1.24 bits per heavy atom. The van der Waals surface area contributed by atoms with Crippen LogP contribution in [0.3, 0.4) is 0 Å². The number of hydrogen-bond donors (Lipinski definition) is 1. The van der Waals surface area contributed by atoms with Gasteiger partial charge in [-0.2, -0.15) is 0 Å². The van der Waals surface area contributed by atoms with E-state index in [1.54, 1.807) is 6.08 Å². The van der Waals surface area contributed by atoms with Gasteiger partial charge in [-0.1, -0.05) is 63.4 Å². The number of unbranched alkanes of at least 4 members (excludes halogenated alkanes) is 10. The second kappa shape index (κ2) is 15.6. The molecular weight excluding hydrogens is 264 g/mol. The number of esters is 1. The predicted octanol–water partition coefficient (Wildman–Crippen LogP) is 4.78. The van der Waals surface area contributed by atoms with Gasteiger partial charge >= 0.3 is 5.97 Å². The molecule has 0 atom stereocenters. The molecule has 0 spiro atoms. The van der Waals surface area contributed by atoms with Gasteiger partial charge in [0.25, 0.3) is 0 Å². The van der Waals surface area contributed by atoms with Crippen LogP contribution in [0.2, 0.25) is 0 Å². The van der Waals surface area contributed by atoms with Crippen molar-refractivity contribution in [1.29, 1.82) is 0 Å². The highest BCUT2D eigenvalue weighted by atomic mass is 16.5. The van der Waals surface area contributed by atoms with Crippen LogP contribution in [0.25, 0.3) is 0 Å². The van der Waals surface area contributed by atoms with Crippen molar-refractivity contribution >= 4 is 5.97 Å². The molecule has 1 N–H and O–H groups in total. The van der Waals surface area contributed by atoms with Gasteiger partial charge in [-0.25, -0.2) is 4.79 Å². The average Bonchev–Trinajstić information content (AvgIpc) is 2.43. The van der Waals surface area contributed by atoms with Crippen LogP contribution in [0.4, 0.5) is 0 Å². The highest BCUT2D eigenvalue weighted by Crippen LogP contribution is 2.11. The molecule has 0 aliphatic rings. The molecule has 124 valence electrons. The van der Waals surface area contributed by atoms with Crippen molar-refractivity contribution in [1.82, 2.24) is 0 Å². The van der Waals surface area contributed by atoms with Crippen LogP contribution in [0, 0.1) is 0 Å². The van der Waals surface area contributed by atoms with Gasteiger partial charge in [-0.15, -0.1) is 0 Å². The molecule has 0 aromatic rings. The Kier molecular flexibility index (Phi) is 14.9. The Hall–Kier alpha value is -0.830. The molecule has 3 heteroatoms. The van der Waals surface area contributed by atoms with Gasteiger partial charge in [-0.05, 0) is 26.7 Å². The fourth-order valence-electron chi connectivity index (χ4n) is 2.25. The summed E-state index contributed by atoms with van der Waals surface area (Å²) < 4.78 is 5.11. The van der Waals surface area contributed by atoms with Gasteiger partial charge in [-0.3, -0.25) is 0 Å². The molecule has 0 bridgehead atoms. The van der Waals surface area contributed by atoms with Gasteiger partial charge in [0, 0.05) is 12.7 Å². The minimum atomic E-state index is -0.212. The molecule has 21 heavy (non-hydrogen) atoms. The van der Waals surface area contributed by atoms with E-state index in [9.17, 15) is 4.79 Å². The maximum Gasteiger partial charge on any atom is 0.330 e. The lowest BCUT2D eigenvalue weighted by atomic mass is 10.1. The molecule has 0 fully saturated rings. The van der Waals surface area contributed by atoms with E-state index in [1.165, 1.54) is 51.4 Å². The zero-order valence-electron chi connectivity index (χ0n) is 14.0. The number of ether oxygens (including phenoxy) is 1. The first-order valence-corrected chi connectivity index (χ1v) is 8.59. The number of aliphatic hydroxyl groups excluding tert-OH is 1. The molecule has 0 heterocycles. The Morgan fingerprint density at radius 1 is 0.810 bits per heavy atom. The van der Waals surface area contributed by atoms with Crippen molar-refractivity contribution in [3.63, 3.8) is 0 Å². The summed E-state index contributed by atoms with van der Waals surface area (Å²) in [5, 5.41) is 8.67. The van der Waals surface area contributed by atoms with Gasteiger partial charge in [0.05, 0.1) is 6.61 Å². The molecular formula is C18H34O3. The molecule has 0 amide bonds. The molecule has 0 saturated heterocycles. The topological polar surface area (TPSA) is 46.5 Å². The van der Waals surface area contributed by atoms with E-state index in [-0.39, 0.29) is 5.97 Å². The summed E-state index contributed by atoms with van der Waals surface area (Å²) in [5.74, 6) is -0.212. The summed E-state index contributed by atoms with van der Waals surface area (Å²) in [6, 6.07) is 0. The molecule has 0 aliphatic heterocycles. The second-order valence-electron chi connectivity index (χ2n) is 6.00. The minimum absolute atomic E-state index is 0.212. The molecule has 0 radical (unpaired) electrons. The molecule has 0 unspecified atom stereocenters. The number of allylic oxidation sites excluding steroid dienone is 1. The summed E-state index contributed by atoms with van der Waals surface area (Å²) in [4.78, 5) is 11.2. The van der Waals surface area contributed by atoms with Crippen molar-refractivity contribution in [2.75, 3.05) is 13.2 Å². The zero-order valence-corrected chi connectivity index (χ0v) is 14.0. The second-order valence-corrected chi connectivity index (χ2v) is 6.00. The fourth-order valence-corrected chi connectivity index (χ4v) is 2.25. The summed E-state index contributed by atoms with van der Waals surface area (Å²) in [5.41, 5.74) is 0.983. The quantitative estimate of drug-likeness (QED) is 0.285. The van der Waals surface area contributed by atoms with Gasteiger partial charge in [0.15, 0.2) is 0 Å². The number of rotatable bonds is 14. The molecule has 0 saturated carbocycles. The van der Waals surface area contributed by atoms with Gasteiger partial charge in [0.1, 0.15) is 0 Å². The molecule has 0 aliphatic carbocycles. The maximum absolute atomic E-state index is 11.2. The number of carbonyl (C=O) groups is 1. The largest absolute Gasteiger partial charge is 0.463 e. The number of carbonyl (C=O) groups excluding carboxylic acids is 1. The summed E-state index contributed by atoms with van der Waals surface area (Å²) in [6.45, 7) is 4.68. The van der Waals surface area contributed by atoms with E-state index >= 15 is 0 Å². The summed E-state index contributed by atoms with van der Waals surface area (Å²) in [6.07, 6.45) is 14.9. The third-order valence-electron chi connectivity index (χ3n) is 3.45. The fraction of sp³-hybridized carbons (Fsp3) is 0.833. The molecule has 0 rings (SSSR count). The van der Waals surface area contributed by atoms with Gasteiger partial charge < -0.3 is 9.84 Å². The summed E-state index contributed by atoms with van der Waals surface area (Å²) >= 11 is 0.